The highest BCUT2D eigenvalue weighted by atomic mass is 16.5. The van der Waals surface area contributed by atoms with Crippen molar-refractivity contribution in [3.8, 4) is 17.2 Å². The molecule has 1 heterocycles. The van der Waals surface area contributed by atoms with Gasteiger partial charge in [0.25, 0.3) is 0 Å². The molecule has 27 heavy (non-hydrogen) atoms. The number of nitrogens with one attached hydrogen (secondary N) is 2. The highest BCUT2D eigenvalue weighted by molar-refractivity contribution is 5.79. The molecular weight excluding hydrogens is 340 g/mol. The number of methoxy groups -OCH3 is 1. The second-order valence-corrected chi connectivity index (χ2v) is 5.96. The number of hydrogen-bond donors (Lipinski definition) is 2. The van der Waals surface area contributed by atoms with Gasteiger partial charge in [-0.05, 0) is 36.2 Å². The molecule has 0 radical (unpaired) electrons. The van der Waals surface area contributed by atoms with E-state index >= 15 is 0 Å². The van der Waals surface area contributed by atoms with Gasteiger partial charge in [-0.25, -0.2) is 4.98 Å². The van der Waals surface area contributed by atoms with E-state index in [4.69, 9.17) is 9.15 Å². The molecule has 0 fully saturated rings. The van der Waals surface area contributed by atoms with Crippen LogP contribution in [0, 0.1) is 0 Å². The summed E-state index contributed by atoms with van der Waals surface area (Å²) in [5, 5.41) is 6.55. The first-order chi connectivity index (χ1) is 13.3. The van der Waals surface area contributed by atoms with Gasteiger partial charge in [0.1, 0.15) is 12.0 Å². The van der Waals surface area contributed by atoms with Crippen LogP contribution in [0.3, 0.4) is 0 Å². The van der Waals surface area contributed by atoms with Crippen molar-refractivity contribution in [2.24, 2.45) is 4.99 Å². The van der Waals surface area contributed by atoms with E-state index in [0.29, 0.717) is 12.4 Å². The lowest BCUT2D eigenvalue weighted by atomic mass is 10.1. The van der Waals surface area contributed by atoms with Crippen LogP contribution < -0.4 is 15.4 Å². The first-order valence-corrected chi connectivity index (χ1v) is 8.86. The molecule has 3 aromatic rings. The first kappa shape index (κ1) is 18.5. The third-order valence-electron chi connectivity index (χ3n) is 4.07. The minimum absolute atomic E-state index is 0.537. The van der Waals surface area contributed by atoms with Gasteiger partial charge in [0.2, 0.25) is 5.89 Å². The van der Waals surface area contributed by atoms with E-state index in [0.717, 1.165) is 35.9 Å². The minimum Gasteiger partial charge on any atom is -0.497 e. The number of ether oxygens (including phenoxy) is 1. The van der Waals surface area contributed by atoms with E-state index in [2.05, 4.69) is 26.7 Å². The Labute approximate surface area is 159 Å². The Balaban J connectivity index is 1.47. The van der Waals surface area contributed by atoms with E-state index in [1.807, 2.05) is 48.5 Å². The standard InChI is InChI=1S/C21H24N4O2/c1-22-21(23-12-11-16-7-6-10-19(13-16)26-2)24-14-18-15-27-20(25-18)17-8-4-3-5-9-17/h3-10,13,15H,11-12,14H2,1-2H3,(H2,22,23,24). The van der Waals surface area contributed by atoms with E-state index < -0.39 is 0 Å². The van der Waals surface area contributed by atoms with Gasteiger partial charge in [0.15, 0.2) is 5.96 Å². The number of aromatic nitrogens is 1. The van der Waals surface area contributed by atoms with Gasteiger partial charge in [-0.1, -0.05) is 30.3 Å². The summed E-state index contributed by atoms with van der Waals surface area (Å²) in [7, 11) is 3.43. The second-order valence-electron chi connectivity index (χ2n) is 5.96. The van der Waals surface area contributed by atoms with E-state index in [1.54, 1.807) is 20.4 Å². The van der Waals surface area contributed by atoms with E-state index in [1.165, 1.54) is 5.56 Å². The van der Waals surface area contributed by atoms with Gasteiger partial charge in [0, 0.05) is 19.2 Å². The van der Waals surface area contributed by atoms with Crippen molar-refractivity contribution < 1.29 is 9.15 Å². The van der Waals surface area contributed by atoms with Crippen LogP contribution in [0.4, 0.5) is 0 Å². The summed E-state index contributed by atoms with van der Waals surface area (Å²) in [4.78, 5) is 8.75. The summed E-state index contributed by atoms with van der Waals surface area (Å²) >= 11 is 0. The SMILES string of the molecule is CN=C(NCCc1cccc(OC)c1)NCc1coc(-c2ccccc2)n1. The lowest BCUT2D eigenvalue weighted by Gasteiger charge is -2.11. The van der Waals surface area contributed by atoms with Crippen molar-refractivity contribution in [1.82, 2.24) is 15.6 Å². The molecule has 0 aliphatic carbocycles. The maximum Gasteiger partial charge on any atom is 0.226 e. The smallest absolute Gasteiger partial charge is 0.226 e. The van der Waals surface area contributed by atoms with Crippen LogP contribution in [0.5, 0.6) is 5.75 Å². The number of benzene rings is 2. The molecule has 0 atom stereocenters. The molecule has 140 valence electrons. The van der Waals surface area contributed by atoms with Crippen molar-refractivity contribution in [3.05, 3.63) is 72.1 Å². The molecule has 2 aromatic carbocycles. The van der Waals surface area contributed by atoms with Gasteiger partial charge in [-0.3, -0.25) is 4.99 Å². The molecule has 2 N–H and O–H groups in total. The van der Waals surface area contributed by atoms with Crippen LogP contribution in [0.15, 0.2) is 70.3 Å². The van der Waals surface area contributed by atoms with Crippen LogP contribution in [0.1, 0.15) is 11.3 Å². The monoisotopic (exact) mass is 364 g/mol. The lowest BCUT2D eigenvalue weighted by molar-refractivity contribution is 0.414. The quantitative estimate of drug-likeness (QED) is 0.497. The van der Waals surface area contributed by atoms with Crippen LogP contribution in [-0.2, 0) is 13.0 Å². The third-order valence-corrected chi connectivity index (χ3v) is 4.07. The zero-order valence-corrected chi connectivity index (χ0v) is 15.6. The van der Waals surface area contributed by atoms with Crippen molar-refractivity contribution in [3.63, 3.8) is 0 Å². The zero-order chi connectivity index (χ0) is 18.9. The number of oxazole rings is 1. The average Bonchev–Trinajstić information content (AvgIpc) is 3.20. The molecule has 0 aliphatic heterocycles. The molecule has 6 heteroatoms. The molecule has 1 aromatic heterocycles. The normalized spacial score (nSPS) is 11.3. The molecule has 0 aliphatic rings. The summed E-state index contributed by atoms with van der Waals surface area (Å²) in [5.41, 5.74) is 3.00. The average molecular weight is 364 g/mol. The van der Waals surface area contributed by atoms with Gasteiger partial charge >= 0.3 is 0 Å². The van der Waals surface area contributed by atoms with E-state index in [9.17, 15) is 0 Å². The third kappa shape index (κ3) is 5.34. The Morgan fingerprint density at radius 3 is 2.74 bits per heavy atom. The molecule has 0 saturated heterocycles. The Morgan fingerprint density at radius 2 is 1.96 bits per heavy atom. The number of guanidine groups is 1. The van der Waals surface area contributed by atoms with E-state index in [-0.39, 0.29) is 0 Å². The number of aliphatic imine (C=N–C) groups is 1. The van der Waals surface area contributed by atoms with Crippen LogP contribution >= 0.6 is 0 Å². The number of rotatable bonds is 7. The largest absolute Gasteiger partial charge is 0.497 e. The highest BCUT2D eigenvalue weighted by Gasteiger charge is 2.07. The van der Waals surface area contributed by atoms with Crippen molar-refractivity contribution >= 4 is 5.96 Å². The summed E-state index contributed by atoms with van der Waals surface area (Å²) in [6, 6.07) is 17.9. The summed E-state index contributed by atoms with van der Waals surface area (Å²) in [6.07, 6.45) is 2.54. The van der Waals surface area contributed by atoms with Gasteiger partial charge < -0.3 is 19.8 Å². The van der Waals surface area contributed by atoms with Gasteiger partial charge in [-0.15, -0.1) is 0 Å². The lowest BCUT2D eigenvalue weighted by Crippen LogP contribution is -2.37. The number of nitrogens with zero attached hydrogens (tertiary/aromatic N) is 2. The van der Waals surface area contributed by atoms with Gasteiger partial charge in [-0.2, -0.15) is 0 Å². The Kier molecular flexibility index (Phi) is 6.46. The van der Waals surface area contributed by atoms with Crippen LogP contribution in [0.25, 0.3) is 11.5 Å². The van der Waals surface area contributed by atoms with Crippen LogP contribution in [0.2, 0.25) is 0 Å². The summed E-state index contributed by atoms with van der Waals surface area (Å²) in [5.74, 6) is 2.21. The minimum atomic E-state index is 0.537. The maximum absolute atomic E-state index is 5.55. The summed E-state index contributed by atoms with van der Waals surface area (Å²) in [6.45, 7) is 1.30. The molecule has 3 rings (SSSR count). The molecule has 0 unspecified atom stereocenters. The highest BCUT2D eigenvalue weighted by Crippen LogP contribution is 2.17. The molecular formula is C21H24N4O2. The fraction of sp³-hybridized carbons (Fsp3) is 0.238. The fourth-order valence-corrected chi connectivity index (χ4v) is 2.65. The summed E-state index contributed by atoms with van der Waals surface area (Å²) < 4.78 is 10.8. The van der Waals surface area contributed by atoms with Crippen molar-refractivity contribution in [2.45, 2.75) is 13.0 Å². The second kappa shape index (κ2) is 9.43. The Bertz CT molecular complexity index is 875. The predicted octanol–water partition coefficient (Wildman–Crippen LogP) is 3.26. The first-order valence-electron chi connectivity index (χ1n) is 8.86. The molecule has 0 spiro atoms. The Morgan fingerprint density at radius 1 is 1.11 bits per heavy atom. The molecule has 0 amide bonds. The molecule has 6 nitrogen and oxygen atoms in total. The number of hydrogen-bond acceptors (Lipinski definition) is 4. The fourth-order valence-electron chi connectivity index (χ4n) is 2.65. The Hall–Kier alpha value is -3.28. The maximum atomic E-state index is 5.55. The zero-order valence-electron chi connectivity index (χ0n) is 15.6. The predicted molar refractivity (Wildman–Crippen MR) is 107 cm³/mol. The molecule has 0 saturated carbocycles. The van der Waals surface area contributed by atoms with Gasteiger partial charge in [0.05, 0.1) is 19.3 Å². The van der Waals surface area contributed by atoms with Crippen molar-refractivity contribution in [1.29, 1.82) is 0 Å². The van der Waals surface area contributed by atoms with Crippen molar-refractivity contribution in [2.75, 3.05) is 20.7 Å². The van der Waals surface area contributed by atoms with Crippen LogP contribution in [-0.4, -0.2) is 31.6 Å². The molecule has 0 bridgehead atoms. The topological polar surface area (TPSA) is 71.7 Å².